The molecule has 0 aliphatic carbocycles. The number of hydrogen-bond donors (Lipinski definition) is 2. The highest BCUT2D eigenvalue weighted by molar-refractivity contribution is 7.94. The summed E-state index contributed by atoms with van der Waals surface area (Å²) >= 11 is 0. The average Bonchev–Trinajstić information content (AvgIpc) is 2.26. The Morgan fingerprint density at radius 2 is 1.45 bits per heavy atom. The molecule has 0 aromatic heterocycles. The topological polar surface area (TPSA) is 135 Å². The van der Waals surface area contributed by atoms with Gasteiger partial charge in [-0.3, -0.25) is 4.55 Å². The lowest BCUT2D eigenvalue weighted by molar-refractivity contribution is 0.481. The van der Waals surface area contributed by atoms with Gasteiger partial charge in [-0.2, -0.15) is 8.42 Å². The van der Waals surface area contributed by atoms with E-state index in [-0.39, 0.29) is 36.8 Å². The summed E-state index contributed by atoms with van der Waals surface area (Å²) in [5.41, 5.74) is 0. The fraction of sp³-hybridized carbons (Fsp3) is 0.778. The van der Waals surface area contributed by atoms with Gasteiger partial charge in [0.2, 0.25) is 0 Å². The maximum Gasteiger partial charge on any atom is 0.266 e. The number of nitrogens with one attached hydrogen (secondary N) is 1. The molecule has 0 unspecified atom stereocenters. The third-order valence-electron chi connectivity index (χ3n) is 2.26. The highest BCUT2D eigenvalue weighted by Crippen LogP contribution is 1.99. The summed E-state index contributed by atoms with van der Waals surface area (Å²) in [7, 11) is -10.9. The molecule has 0 fully saturated rings. The highest BCUT2D eigenvalue weighted by Gasteiger charge is 2.13. The lowest BCUT2D eigenvalue weighted by atomic mass is 10.6. The summed E-state index contributed by atoms with van der Waals surface area (Å²) in [6.07, 6.45) is -0.0122. The minimum atomic E-state index is -4.06. The zero-order valence-electron chi connectivity index (χ0n) is 10.9. The van der Waals surface area contributed by atoms with E-state index in [1.807, 2.05) is 0 Å². The van der Waals surface area contributed by atoms with Crippen molar-refractivity contribution in [1.29, 1.82) is 0 Å². The van der Waals surface area contributed by atoms with Crippen molar-refractivity contribution in [3.05, 3.63) is 12.0 Å². The zero-order chi connectivity index (χ0) is 15.9. The molecule has 11 heteroatoms. The summed E-state index contributed by atoms with van der Waals surface area (Å²) in [6.45, 7) is 3.10. The molecule has 120 valence electrons. The summed E-state index contributed by atoms with van der Waals surface area (Å²) in [6, 6.07) is 0. The van der Waals surface area contributed by atoms with E-state index >= 15 is 0 Å². The molecule has 0 spiro atoms. The van der Waals surface area contributed by atoms with Crippen molar-refractivity contribution < 1.29 is 29.8 Å². The second-order valence-electron chi connectivity index (χ2n) is 4.08. The predicted octanol–water partition coefficient (Wildman–Crippen LogP) is -1.17. The van der Waals surface area contributed by atoms with Crippen molar-refractivity contribution in [3.63, 3.8) is 0 Å². The molecule has 0 rings (SSSR count). The van der Waals surface area contributed by atoms with Crippen LogP contribution in [-0.4, -0.2) is 65.9 Å². The molecule has 0 aliphatic heterocycles. The number of sulfone groups is 2. The summed E-state index contributed by atoms with van der Waals surface area (Å²) in [5.74, 6) is -1.26. The van der Waals surface area contributed by atoms with Gasteiger partial charge in [0.25, 0.3) is 10.1 Å². The van der Waals surface area contributed by atoms with Crippen LogP contribution in [0, 0.1) is 0 Å². The molecule has 0 amide bonds. The first kappa shape index (κ1) is 19.5. The van der Waals surface area contributed by atoms with Crippen LogP contribution in [0.3, 0.4) is 0 Å². The van der Waals surface area contributed by atoms with Crippen molar-refractivity contribution in [2.45, 2.75) is 6.42 Å². The Balaban J connectivity index is 3.95. The van der Waals surface area contributed by atoms with Crippen LogP contribution < -0.4 is 5.32 Å². The molecule has 20 heavy (non-hydrogen) atoms. The maximum atomic E-state index is 11.5. The molecule has 2 N–H and O–H groups in total. The van der Waals surface area contributed by atoms with Gasteiger partial charge < -0.3 is 5.32 Å². The Bertz CT molecular complexity index is 604. The van der Waals surface area contributed by atoms with Gasteiger partial charge in [0.1, 0.15) is 0 Å². The monoisotopic (exact) mass is 349 g/mol. The Labute approximate surface area is 119 Å². The third kappa shape index (κ3) is 11.3. The molecule has 0 saturated heterocycles. The molecule has 0 heterocycles. The Hall–Kier alpha value is -0.490. The molecule has 8 nitrogen and oxygen atoms in total. The van der Waals surface area contributed by atoms with Crippen LogP contribution in [-0.2, 0) is 29.8 Å². The fourth-order valence-corrected chi connectivity index (χ4v) is 3.76. The third-order valence-corrected chi connectivity index (χ3v) is 6.09. The zero-order valence-corrected chi connectivity index (χ0v) is 13.3. The van der Waals surface area contributed by atoms with Gasteiger partial charge in [-0.1, -0.05) is 6.58 Å². The second-order valence-corrected chi connectivity index (χ2v) is 10.0. The van der Waals surface area contributed by atoms with Crippen molar-refractivity contribution in [1.82, 2.24) is 5.32 Å². The SMILES string of the molecule is C=CS(=O)(=O)CCCS(=O)(=O)CCNCCS(=O)(=O)O. The van der Waals surface area contributed by atoms with Crippen LogP contribution in [0.1, 0.15) is 6.42 Å². The normalized spacial score (nSPS) is 13.2. The average molecular weight is 349 g/mol. The summed E-state index contributed by atoms with van der Waals surface area (Å²) < 4.78 is 74.4. The van der Waals surface area contributed by atoms with E-state index in [1.54, 1.807) is 0 Å². The maximum absolute atomic E-state index is 11.5. The molecule has 0 aromatic rings. The van der Waals surface area contributed by atoms with Gasteiger partial charge in [-0.25, -0.2) is 16.8 Å². The van der Waals surface area contributed by atoms with Crippen LogP contribution >= 0.6 is 0 Å². The van der Waals surface area contributed by atoms with Gasteiger partial charge in [-0.05, 0) is 6.42 Å². The Morgan fingerprint density at radius 3 is 1.95 bits per heavy atom. The minimum Gasteiger partial charge on any atom is -0.315 e. The molecule has 0 aromatic carbocycles. The van der Waals surface area contributed by atoms with E-state index in [0.717, 1.165) is 5.41 Å². The quantitative estimate of drug-likeness (QED) is 0.352. The first-order valence-corrected chi connectivity index (χ1v) is 10.8. The highest BCUT2D eigenvalue weighted by atomic mass is 32.2. The number of hydrogen-bond acceptors (Lipinski definition) is 7. The molecule has 0 aliphatic rings. The number of rotatable bonds is 11. The molecule has 0 saturated carbocycles. The standard InChI is InChI=1S/C9H19NO7S3/c1-2-18(11,12)6-3-7-19(13,14)8-4-10-5-9-20(15,16)17/h2,10H,1,3-9H2,(H,15,16,17). The summed E-state index contributed by atoms with van der Waals surface area (Å²) in [5, 5.41) is 3.35. The van der Waals surface area contributed by atoms with Gasteiger partial charge in [0.15, 0.2) is 19.7 Å². The van der Waals surface area contributed by atoms with Gasteiger partial charge in [0, 0.05) is 18.5 Å². The van der Waals surface area contributed by atoms with Crippen LogP contribution in [0.15, 0.2) is 12.0 Å². The van der Waals surface area contributed by atoms with Crippen LogP contribution in [0.4, 0.5) is 0 Å². The van der Waals surface area contributed by atoms with Crippen molar-refractivity contribution in [2.24, 2.45) is 0 Å². The smallest absolute Gasteiger partial charge is 0.266 e. The van der Waals surface area contributed by atoms with E-state index in [9.17, 15) is 25.3 Å². The Kier molecular flexibility index (Phi) is 7.88. The van der Waals surface area contributed by atoms with Gasteiger partial charge in [-0.15, -0.1) is 0 Å². The van der Waals surface area contributed by atoms with E-state index in [2.05, 4.69) is 11.9 Å². The molecule has 0 atom stereocenters. The molecule has 0 bridgehead atoms. The van der Waals surface area contributed by atoms with Crippen LogP contribution in [0.5, 0.6) is 0 Å². The van der Waals surface area contributed by atoms with E-state index < -0.39 is 35.5 Å². The Morgan fingerprint density at radius 1 is 0.900 bits per heavy atom. The van der Waals surface area contributed by atoms with Crippen molar-refractivity contribution in [2.75, 3.05) is 36.1 Å². The summed E-state index contributed by atoms with van der Waals surface area (Å²) in [4.78, 5) is 0. The van der Waals surface area contributed by atoms with E-state index in [0.29, 0.717) is 0 Å². The van der Waals surface area contributed by atoms with Gasteiger partial charge in [0.05, 0.1) is 23.0 Å². The minimum absolute atomic E-state index is 0.0122. The largest absolute Gasteiger partial charge is 0.315 e. The first-order chi connectivity index (χ1) is 8.97. The second kappa shape index (κ2) is 8.08. The van der Waals surface area contributed by atoms with Crippen LogP contribution in [0.25, 0.3) is 0 Å². The van der Waals surface area contributed by atoms with Crippen molar-refractivity contribution >= 4 is 29.8 Å². The van der Waals surface area contributed by atoms with E-state index in [1.165, 1.54) is 0 Å². The van der Waals surface area contributed by atoms with Crippen LogP contribution in [0.2, 0.25) is 0 Å². The van der Waals surface area contributed by atoms with E-state index in [4.69, 9.17) is 4.55 Å². The van der Waals surface area contributed by atoms with Gasteiger partial charge >= 0.3 is 0 Å². The molecule has 0 radical (unpaired) electrons. The predicted molar refractivity (Wildman–Crippen MR) is 76.5 cm³/mol. The molecular weight excluding hydrogens is 330 g/mol. The molecular formula is C9H19NO7S3. The fourth-order valence-electron chi connectivity index (χ4n) is 1.22. The first-order valence-electron chi connectivity index (χ1n) is 5.69. The lowest BCUT2D eigenvalue weighted by Crippen LogP contribution is -2.28. The van der Waals surface area contributed by atoms with Crippen molar-refractivity contribution in [3.8, 4) is 0 Å². The lowest BCUT2D eigenvalue weighted by Gasteiger charge is -2.05.